The number of aromatic hydroxyl groups is 1. The lowest BCUT2D eigenvalue weighted by atomic mass is 10.1. The lowest BCUT2D eigenvalue weighted by Gasteiger charge is -2.13. The molecule has 3 aromatic rings. The number of nitrogens with one attached hydrogen (secondary N) is 3. The van der Waals surface area contributed by atoms with Crippen LogP contribution in [0.15, 0.2) is 53.3 Å². The molecule has 0 spiro atoms. The van der Waals surface area contributed by atoms with E-state index in [-0.39, 0.29) is 23.2 Å². The van der Waals surface area contributed by atoms with Crippen molar-refractivity contribution in [3.05, 3.63) is 69.6 Å². The molecular weight excluding hydrogens is 397 g/mol. The van der Waals surface area contributed by atoms with Crippen LogP contribution in [0.3, 0.4) is 0 Å². The standard InChI is InChI=1S/C20H22FN3O4S/c21-14-3-7-17(8-4-14)28-12-16(25)11-22-10-9-13-1-5-15(6-2-13)23-19-18(26)24-20(27)29-19/h1-8,16,22-23,25-26H,9-12H2,(H,24,27)/t16-/m0/s1. The van der Waals surface area contributed by atoms with E-state index in [1.807, 2.05) is 24.3 Å². The first-order chi connectivity index (χ1) is 14.0. The summed E-state index contributed by atoms with van der Waals surface area (Å²) < 4.78 is 18.2. The van der Waals surface area contributed by atoms with Gasteiger partial charge >= 0.3 is 4.87 Å². The highest BCUT2D eigenvalue weighted by Gasteiger charge is 2.07. The monoisotopic (exact) mass is 419 g/mol. The Kier molecular flexibility index (Phi) is 7.23. The molecule has 154 valence electrons. The number of aromatic nitrogens is 1. The molecule has 0 radical (unpaired) electrons. The molecule has 0 aliphatic heterocycles. The van der Waals surface area contributed by atoms with Crippen LogP contribution in [-0.4, -0.2) is 41.0 Å². The lowest BCUT2D eigenvalue weighted by Crippen LogP contribution is -2.32. The molecule has 0 amide bonds. The molecule has 0 saturated heterocycles. The van der Waals surface area contributed by atoms with E-state index >= 15 is 0 Å². The SMILES string of the molecule is O=c1[nH]c(O)c(Nc2ccc(CCNC[C@H](O)COc3ccc(F)cc3)cc2)s1. The summed E-state index contributed by atoms with van der Waals surface area (Å²) in [6, 6.07) is 13.3. The summed E-state index contributed by atoms with van der Waals surface area (Å²) in [4.78, 5) is 13.2. The zero-order valence-electron chi connectivity index (χ0n) is 15.5. The zero-order valence-corrected chi connectivity index (χ0v) is 16.3. The minimum atomic E-state index is -0.673. The lowest BCUT2D eigenvalue weighted by molar-refractivity contribution is 0.106. The maximum atomic E-state index is 12.8. The van der Waals surface area contributed by atoms with Crippen LogP contribution in [0.5, 0.6) is 11.6 Å². The summed E-state index contributed by atoms with van der Waals surface area (Å²) in [5, 5.41) is 26.1. The average Bonchev–Trinajstić information content (AvgIpc) is 3.03. The third kappa shape index (κ3) is 6.60. The second-order valence-electron chi connectivity index (χ2n) is 6.39. The zero-order chi connectivity index (χ0) is 20.6. The number of hydrogen-bond acceptors (Lipinski definition) is 7. The fourth-order valence-electron chi connectivity index (χ4n) is 2.57. The molecule has 1 atom stereocenters. The molecule has 0 saturated carbocycles. The van der Waals surface area contributed by atoms with Gasteiger partial charge in [0.15, 0.2) is 5.00 Å². The van der Waals surface area contributed by atoms with E-state index in [1.165, 1.54) is 24.3 Å². The number of thiazole rings is 1. The fraction of sp³-hybridized carbons (Fsp3) is 0.250. The number of aliphatic hydroxyl groups excluding tert-OH is 1. The van der Waals surface area contributed by atoms with Crippen LogP contribution in [0.2, 0.25) is 0 Å². The van der Waals surface area contributed by atoms with Gasteiger partial charge in [0.1, 0.15) is 24.3 Å². The van der Waals surface area contributed by atoms with Gasteiger partial charge in [-0.3, -0.25) is 9.78 Å². The predicted molar refractivity (Wildman–Crippen MR) is 111 cm³/mol. The Hall–Kier alpha value is -2.88. The van der Waals surface area contributed by atoms with Crippen molar-refractivity contribution in [3.63, 3.8) is 0 Å². The van der Waals surface area contributed by atoms with Gasteiger partial charge in [-0.2, -0.15) is 0 Å². The molecule has 29 heavy (non-hydrogen) atoms. The highest BCUT2D eigenvalue weighted by atomic mass is 32.1. The smallest absolute Gasteiger partial charge is 0.309 e. The van der Waals surface area contributed by atoms with Crippen molar-refractivity contribution in [2.75, 3.05) is 25.0 Å². The normalized spacial score (nSPS) is 11.9. The summed E-state index contributed by atoms with van der Waals surface area (Å²) in [5.41, 5.74) is 1.87. The maximum Gasteiger partial charge on any atom is 0.309 e. The number of hydrogen-bond donors (Lipinski definition) is 5. The quantitative estimate of drug-likeness (QED) is 0.324. The Morgan fingerprint density at radius 2 is 1.86 bits per heavy atom. The van der Waals surface area contributed by atoms with Gasteiger partial charge < -0.3 is 25.6 Å². The van der Waals surface area contributed by atoms with Crippen LogP contribution in [0.1, 0.15) is 5.56 Å². The molecule has 9 heteroatoms. The number of rotatable bonds is 10. The summed E-state index contributed by atoms with van der Waals surface area (Å²) >= 11 is 0.903. The average molecular weight is 419 g/mol. The molecule has 3 rings (SSSR count). The summed E-state index contributed by atoms with van der Waals surface area (Å²) in [5.74, 6) is 0.0118. The molecule has 1 heterocycles. The van der Waals surface area contributed by atoms with Crippen LogP contribution in [0, 0.1) is 5.82 Å². The Labute approximate surface area is 170 Å². The van der Waals surface area contributed by atoms with Gasteiger partial charge in [0.05, 0.1) is 0 Å². The number of ether oxygens (including phenoxy) is 1. The first-order valence-electron chi connectivity index (χ1n) is 9.05. The minimum Gasteiger partial charge on any atom is -0.492 e. The van der Waals surface area contributed by atoms with Crippen LogP contribution in [0.25, 0.3) is 0 Å². The topological polar surface area (TPSA) is 107 Å². The van der Waals surface area contributed by atoms with Gasteiger partial charge in [-0.1, -0.05) is 23.5 Å². The minimum absolute atomic E-state index is 0.122. The number of benzene rings is 2. The van der Waals surface area contributed by atoms with Gasteiger partial charge in [0.2, 0.25) is 5.88 Å². The van der Waals surface area contributed by atoms with Crippen LogP contribution < -0.4 is 20.2 Å². The molecule has 1 aromatic heterocycles. The van der Waals surface area contributed by atoms with Crippen LogP contribution in [0.4, 0.5) is 15.1 Å². The van der Waals surface area contributed by atoms with E-state index in [0.717, 1.165) is 29.0 Å². The van der Waals surface area contributed by atoms with Gasteiger partial charge in [-0.05, 0) is 54.9 Å². The van der Waals surface area contributed by atoms with E-state index in [2.05, 4.69) is 15.6 Å². The third-order valence-electron chi connectivity index (χ3n) is 4.07. The van der Waals surface area contributed by atoms with Gasteiger partial charge in [-0.25, -0.2) is 4.39 Å². The summed E-state index contributed by atoms with van der Waals surface area (Å²) in [6.45, 7) is 1.18. The number of aromatic amines is 1. The molecule has 7 nitrogen and oxygen atoms in total. The fourth-order valence-corrected chi connectivity index (χ4v) is 3.22. The van der Waals surface area contributed by atoms with E-state index in [1.54, 1.807) is 0 Å². The number of H-pyrrole nitrogens is 1. The molecule has 0 aliphatic carbocycles. The van der Waals surface area contributed by atoms with E-state index < -0.39 is 6.10 Å². The van der Waals surface area contributed by atoms with Crippen molar-refractivity contribution in [2.24, 2.45) is 0 Å². The van der Waals surface area contributed by atoms with Crippen molar-refractivity contribution < 1.29 is 19.3 Å². The summed E-state index contributed by atoms with van der Waals surface area (Å²) in [6.07, 6.45) is 0.0991. The second-order valence-corrected chi connectivity index (χ2v) is 7.37. The van der Waals surface area contributed by atoms with E-state index in [9.17, 15) is 19.4 Å². The number of halogens is 1. The molecular formula is C20H22FN3O4S. The van der Waals surface area contributed by atoms with Crippen molar-refractivity contribution in [3.8, 4) is 11.6 Å². The highest BCUT2D eigenvalue weighted by molar-refractivity contribution is 7.13. The second kappa shape index (κ2) is 10.1. The van der Waals surface area contributed by atoms with Crippen LogP contribution in [-0.2, 0) is 6.42 Å². The van der Waals surface area contributed by atoms with E-state index in [0.29, 0.717) is 23.8 Å². The molecule has 0 fully saturated rings. The first kappa shape index (κ1) is 20.8. The van der Waals surface area contributed by atoms with Crippen molar-refractivity contribution in [1.29, 1.82) is 0 Å². The molecule has 5 N–H and O–H groups in total. The van der Waals surface area contributed by atoms with E-state index in [4.69, 9.17) is 4.74 Å². The summed E-state index contributed by atoms with van der Waals surface area (Å²) in [7, 11) is 0. The third-order valence-corrected chi connectivity index (χ3v) is 4.86. The van der Waals surface area contributed by atoms with Crippen molar-refractivity contribution in [1.82, 2.24) is 10.3 Å². The number of aliphatic hydroxyl groups is 1. The highest BCUT2D eigenvalue weighted by Crippen LogP contribution is 2.27. The Morgan fingerprint density at radius 3 is 2.52 bits per heavy atom. The Morgan fingerprint density at radius 1 is 1.14 bits per heavy atom. The maximum absolute atomic E-state index is 12.8. The Bertz CT molecular complexity index is 957. The Balaban J connectivity index is 1.35. The molecule has 2 aromatic carbocycles. The largest absolute Gasteiger partial charge is 0.492 e. The molecule has 0 aliphatic rings. The van der Waals surface area contributed by atoms with Crippen molar-refractivity contribution in [2.45, 2.75) is 12.5 Å². The number of anilines is 2. The predicted octanol–water partition coefficient (Wildman–Crippen LogP) is 2.60. The van der Waals surface area contributed by atoms with Gasteiger partial charge in [0, 0.05) is 12.2 Å². The van der Waals surface area contributed by atoms with Gasteiger partial charge in [0.25, 0.3) is 0 Å². The first-order valence-corrected chi connectivity index (χ1v) is 9.86. The molecule has 0 unspecified atom stereocenters. The molecule has 0 bridgehead atoms. The van der Waals surface area contributed by atoms with Crippen LogP contribution >= 0.6 is 11.3 Å². The van der Waals surface area contributed by atoms with Crippen molar-refractivity contribution >= 4 is 22.0 Å². The van der Waals surface area contributed by atoms with Gasteiger partial charge in [-0.15, -0.1) is 0 Å².